The number of phenolic OH excluding ortho intramolecular Hbond substituents is 1. The number of para-hydroxylation sites is 1. The number of hydrogen-bond acceptors (Lipinski definition) is 8. The van der Waals surface area contributed by atoms with Gasteiger partial charge in [-0.3, -0.25) is 4.79 Å². The van der Waals surface area contributed by atoms with E-state index in [4.69, 9.17) is 4.74 Å². The second-order valence-electron chi connectivity index (χ2n) is 11.7. The molecule has 6 rings (SSSR count). The molecule has 45 heavy (non-hydrogen) atoms. The molecule has 2 heterocycles. The standard InChI is InChI=1S/C36H37NO8/c38-20-30-32(41)33(42)34(43)35(45-30)24-11-7-10-22(18-24)23-14-15-26(29(40)19-23)31-27(16-17-28(39)21-8-3-1-4-9-21)36(44)37(31)25-12-5-2-6-13-25/h1-15,18-19,27-28,30-35,38-43H,16-17,20H2/t27-,28+,30-,31-,32-,33+,34-,35+/m1/s1. The van der Waals surface area contributed by atoms with Gasteiger partial charge in [-0.05, 0) is 59.4 Å². The van der Waals surface area contributed by atoms with Crippen LogP contribution in [-0.2, 0) is 9.53 Å². The zero-order valence-corrected chi connectivity index (χ0v) is 24.5. The van der Waals surface area contributed by atoms with E-state index in [-0.39, 0.29) is 11.7 Å². The van der Waals surface area contributed by atoms with Gasteiger partial charge < -0.3 is 40.3 Å². The largest absolute Gasteiger partial charge is 0.508 e. The molecule has 1 amide bonds. The molecule has 0 aliphatic carbocycles. The Labute approximate surface area is 261 Å². The fourth-order valence-corrected chi connectivity index (χ4v) is 6.49. The maximum atomic E-state index is 13.5. The molecule has 0 unspecified atom stereocenters. The summed E-state index contributed by atoms with van der Waals surface area (Å²) in [6, 6.07) is 30.6. The van der Waals surface area contributed by atoms with Gasteiger partial charge in [0.2, 0.25) is 5.91 Å². The van der Waals surface area contributed by atoms with Gasteiger partial charge in [0.25, 0.3) is 0 Å². The first-order chi connectivity index (χ1) is 21.8. The predicted octanol–water partition coefficient (Wildman–Crippen LogP) is 3.79. The van der Waals surface area contributed by atoms with Crippen LogP contribution in [0.3, 0.4) is 0 Å². The monoisotopic (exact) mass is 611 g/mol. The van der Waals surface area contributed by atoms with Crippen molar-refractivity contribution < 1.29 is 40.2 Å². The van der Waals surface area contributed by atoms with Crippen LogP contribution < -0.4 is 4.90 Å². The van der Waals surface area contributed by atoms with E-state index in [1.165, 1.54) is 0 Å². The summed E-state index contributed by atoms with van der Waals surface area (Å²) >= 11 is 0. The number of ether oxygens (including phenoxy) is 1. The number of nitrogens with zero attached hydrogens (tertiary/aromatic N) is 1. The van der Waals surface area contributed by atoms with E-state index in [0.29, 0.717) is 35.1 Å². The molecular weight excluding hydrogens is 574 g/mol. The Hall–Kier alpha value is -4.09. The molecule has 2 saturated heterocycles. The zero-order valence-electron chi connectivity index (χ0n) is 24.5. The lowest BCUT2D eigenvalue weighted by molar-refractivity contribution is -0.231. The summed E-state index contributed by atoms with van der Waals surface area (Å²) < 4.78 is 5.73. The minimum Gasteiger partial charge on any atom is -0.508 e. The SMILES string of the molecule is O=C1[C@H](CC[C@H](O)c2ccccc2)[C@@H](c2ccc(-c3cccc([C@@H]4O[C@H](CO)[C@@H](O)[C@H](O)[C@H]4O)c3)cc2O)N1c1ccccc1. The first kappa shape index (κ1) is 30.9. The average molecular weight is 612 g/mol. The number of β-lactam (4-membered cyclic amide) rings is 1. The fraction of sp³-hybridized carbons (Fsp3) is 0.306. The van der Waals surface area contributed by atoms with Crippen LogP contribution in [0.1, 0.15) is 47.8 Å². The van der Waals surface area contributed by atoms with Crippen molar-refractivity contribution in [2.24, 2.45) is 5.92 Å². The second-order valence-corrected chi connectivity index (χ2v) is 11.7. The lowest BCUT2D eigenvalue weighted by atomic mass is 9.77. The Balaban J connectivity index is 1.27. The molecule has 2 aliphatic heterocycles. The summed E-state index contributed by atoms with van der Waals surface area (Å²) in [5.74, 6) is -0.491. The molecule has 8 atom stereocenters. The number of rotatable bonds is 9. The van der Waals surface area contributed by atoms with E-state index >= 15 is 0 Å². The fourth-order valence-electron chi connectivity index (χ4n) is 6.49. The zero-order chi connectivity index (χ0) is 31.7. The molecule has 0 bridgehead atoms. The number of aliphatic hydroxyl groups is 5. The first-order valence-corrected chi connectivity index (χ1v) is 15.1. The van der Waals surface area contributed by atoms with Crippen molar-refractivity contribution in [2.75, 3.05) is 11.5 Å². The van der Waals surface area contributed by atoms with Gasteiger partial charge in [0.1, 0.15) is 36.3 Å². The van der Waals surface area contributed by atoms with Crippen molar-refractivity contribution in [2.45, 2.75) is 55.5 Å². The molecule has 0 radical (unpaired) electrons. The van der Waals surface area contributed by atoms with E-state index in [9.17, 15) is 35.4 Å². The van der Waals surface area contributed by atoms with Crippen LogP contribution in [0.15, 0.2) is 103 Å². The van der Waals surface area contributed by atoms with Crippen LogP contribution in [0.5, 0.6) is 5.75 Å². The first-order valence-electron chi connectivity index (χ1n) is 15.1. The summed E-state index contributed by atoms with van der Waals surface area (Å²) in [6.07, 6.45) is -6.25. The number of aromatic hydroxyl groups is 1. The van der Waals surface area contributed by atoms with E-state index in [1.54, 1.807) is 35.2 Å². The van der Waals surface area contributed by atoms with Crippen LogP contribution in [0.2, 0.25) is 0 Å². The van der Waals surface area contributed by atoms with Crippen LogP contribution in [0.25, 0.3) is 11.1 Å². The third kappa shape index (κ3) is 5.98. The smallest absolute Gasteiger partial charge is 0.233 e. The Kier molecular flexibility index (Phi) is 9.00. The van der Waals surface area contributed by atoms with Gasteiger partial charge in [0.15, 0.2) is 0 Å². The number of benzene rings is 4. The normalized spacial score (nSPS) is 27.2. The number of carbonyl (C=O) groups excluding carboxylic acids is 1. The molecular formula is C36H37NO8. The quantitative estimate of drug-likeness (QED) is 0.157. The van der Waals surface area contributed by atoms with Gasteiger partial charge in [-0.25, -0.2) is 0 Å². The van der Waals surface area contributed by atoms with Crippen molar-refractivity contribution in [3.8, 4) is 16.9 Å². The van der Waals surface area contributed by atoms with Crippen LogP contribution in [0.4, 0.5) is 5.69 Å². The predicted molar refractivity (Wildman–Crippen MR) is 167 cm³/mol. The number of hydrogen-bond donors (Lipinski definition) is 6. The molecule has 234 valence electrons. The van der Waals surface area contributed by atoms with Crippen molar-refractivity contribution in [1.29, 1.82) is 0 Å². The highest BCUT2D eigenvalue weighted by Crippen LogP contribution is 2.49. The summed E-state index contributed by atoms with van der Waals surface area (Å²) in [6.45, 7) is -0.521. The second kappa shape index (κ2) is 13.1. The van der Waals surface area contributed by atoms with Gasteiger partial charge in [0, 0.05) is 11.3 Å². The minimum atomic E-state index is -1.49. The van der Waals surface area contributed by atoms with Gasteiger partial charge >= 0.3 is 0 Å². The lowest BCUT2D eigenvalue weighted by Crippen LogP contribution is -2.55. The Morgan fingerprint density at radius 3 is 2.16 bits per heavy atom. The highest BCUT2D eigenvalue weighted by molar-refractivity contribution is 6.03. The van der Waals surface area contributed by atoms with E-state index < -0.39 is 55.2 Å². The molecule has 0 saturated carbocycles. The third-order valence-electron chi connectivity index (χ3n) is 8.97. The van der Waals surface area contributed by atoms with Crippen molar-refractivity contribution in [1.82, 2.24) is 0 Å². The summed E-state index contributed by atoms with van der Waals surface area (Å²) in [5.41, 5.74) is 4.02. The Morgan fingerprint density at radius 1 is 0.778 bits per heavy atom. The number of phenols is 1. The molecule has 9 nitrogen and oxygen atoms in total. The van der Waals surface area contributed by atoms with Crippen molar-refractivity contribution in [3.63, 3.8) is 0 Å². The number of carbonyl (C=O) groups is 1. The van der Waals surface area contributed by atoms with E-state index in [1.807, 2.05) is 72.8 Å². The minimum absolute atomic E-state index is 0.0118. The van der Waals surface area contributed by atoms with Gasteiger partial charge in [-0.2, -0.15) is 0 Å². The number of aliphatic hydroxyl groups excluding tert-OH is 5. The molecule has 4 aromatic carbocycles. The van der Waals surface area contributed by atoms with Crippen LogP contribution in [0, 0.1) is 5.92 Å². The van der Waals surface area contributed by atoms with Crippen molar-refractivity contribution >= 4 is 11.6 Å². The van der Waals surface area contributed by atoms with Crippen LogP contribution in [-0.4, -0.2) is 67.6 Å². The van der Waals surface area contributed by atoms with Crippen molar-refractivity contribution in [3.05, 3.63) is 120 Å². The summed E-state index contributed by atoms with van der Waals surface area (Å²) in [5, 5.41) is 62.8. The summed E-state index contributed by atoms with van der Waals surface area (Å²) in [7, 11) is 0. The highest BCUT2D eigenvalue weighted by atomic mass is 16.5. The molecule has 2 fully saturated rings. The van der Waals surface area contributed by atoms with Gasteiger partial charge in [-0.15, -0.1) is 0 Å². The summed E-state index contributed by atoms with van der Waals surface area (Å²) in [4.78, 5) is 15.2. The Bertz CT molecular complexity index is 1610. The van der Waals surface area contributed by atoms with Crippen LogP contribution >= 0.6 is 0 Å². The Morgan fingerprint density at radius 2 is 1.47 bits per heavy atom. The van der Waals surface area contributed by atoms with Gasteiger partial charge in [-0.1, -0.05) is 78.9 Å². The molecule has 0 spiro atoms. The molecule has 0 aromatic heterocycles. The maximum absolute atomic E-state index is 13.5. The number of amides is 1. The topological polar surface area (TPSA) is 151 Å². The molecule has 2 aliphatic rings. The maximum Gasteiger partial charge on any atom is 0.233 e. The lowest BCUT2D eigenvalue weighted by Gasteiger charge is -2.48. The third-order valence-corrected chi connectivity index (χ3v) is 8.97. The molecule has 9 heteroatoms. The van der Waals surface area contributed by atoms with E-state index in [0.717, 1.165) is 11.3 Å². The number of anilines is 1. The average Bonchev–Trinajstić information content (AvgIpc) is 3.07. The molecule has 4 aromatic rings. The highest BCUT2D eigenvalue weighted by Gasteiger charge is 2.49. The molecule has 6 N–H and O–H groups in total. The van der Waals surface area contributed by atoms with E-state index in [2.05, 4.69) is 0 Å². The van der Waals surface area contributed by atoms with Gasteiger partial charge in [0.05, 0.1) is 24.7 Å².